The third-order valence-corrected chi connectivity index (χ3v) is 9.52. The first-order chi connectivity index (χ1) is 20.2. The summed E-state index contributed by atoms with van der Waals surface area (Å²) in [4.78, 5) is 31.2. The molecule has 1 fully saturated rings. The van der Waals surface area contributed by atoms with Crippen molar-refractivity contribution in [3.63, 3.8) is 0 Å². The van der Waals surface area contributed by atoms with Crippen LogP contribution in [-0.2, 0) is 27.3 Å². The monoisotopic (exact) mass is 649 g/mol. The molecule has 2 N–H and O–H groups in total. The standard InChI is InChI=1S/C26H28F5N5O5S2/c1-2-25(27,28)18-5-3-17(4-6-18)13-33-23(37)21-15-35(24(38)34-22-14-32-16-42-22)11-12-36(21)43(39,40)20-9-7-19(8-10-20)41-26(29,30)31/h3-10,16,21-22H,2,11-15H2,1H3,(H,33,37)(H,34,38)/t21-,22?/m1/s1. The number of hydrogen-bond acceptors (Lipinski definition) is 7. The van der Waals surface area contributed by atoms with Gasteiger partial charge in [0.05, 0.1) is 17.0 Å². The molecule has 10 nitrogen and oxygen atoms in total. The number of alkyl halides is 5. The van der Waals surface area contributed by atoms with Crippen LogP contribution >= 0.6 is 11.8 Å². The minimum absolute atomic E-state index is 0.0740. The number of hydrogen-bond donors (Lipinski definition) is 2. The van der Waals surface area contributed by atoms with Gasteiger partial charge in [-0.3, -0.25) is 9.79 Å². The van der Waals surface area contributed by atoms with Crippen molar-refractivity contribution in [2.45, 2.75) is 48.5 Å². The van der Waals surface area contributed by atoms with E-state index >= 15 is 0 Å². The maximum atomic E-state index is 14.0. The number of carbonyl (C=O) groups excluding carboxylic acids is 2. The Hall–Kier alpha value is -3.44. The zero-order chi connectivity index (χ0) is 31.4. The molecule has 2 aromatic carbocycles. The fourth-order valence-corrected chi connectivity index (χ4v) is 6.62. The van der Waals surface area contributed by atoms with Crippen LogP contribution in [0.1, 0.15) is 24.5 Å². The van der Waals surface area contributed by atoms with Gasteiger partial charge in [-0.25, -0.2) is 22.0 Å². The van der Waals surface area contributed by atoms with E-state index in [1.807, 2.05) is 0 Å². The lowest BCUT2D eigenvalue weighted by Gasteiger charge is -2.39. The average molecular weight is 650 g/mol. The van der Waals surface area contributed by atoms with E-state index in [0.717, 1.165) is 28.6 Å². The molecule has 234 valence electrons. The predicted molar refractivity (Wildman–Crippen MR) is 148 cm³/mol. The van der Waals surface area contributed by atoms with Crippen molar-refractivity contribution < 1.29 is 44.7 Å². The Bertz CT molecular complexity index is 1430. The number of ether oxygens (including phenoxy) is 1. The van der Waals surface area contributed by atoms with Crippen LogP contribution in [0, 0.1) is 0 Å². The number of amides is 3. The fraction of sp³-hybridized carbons (Fsp3) is 0.423. The van der Waals surface area contributed by atoms with E-state index in [0.29, 0.717) is 12.1 Å². The molecule has 2 aromatic rings. The van der Waals surface area contributed by atoms with Gasteiger partial charge in [0.15, 0.2) is 0 Å². The summed E-state index contributed by atoms with van der Waals surface area (Å²) in [5.74, 6) is -4.40. The lowest BCUT2D eigenvalue weighted by Crippen LogP contribution is -2.62. The second-order valence-corrected chi connectivity index (χ2v) is 12.6. The Morgan fingerprint density at radius 1 is 1.05 bits per heavy atom. The molecule has 17 heteroatoms. The summed E-state index contributed by atoms with van der Waals surface area (Å²) in [5, 5.41) is 5.04. The van der Waals surface area contributed by atoms with Crippen molar-refractivity contribution in [1.82, 2.24) is 19.8 Å². The number of urea groups is 1. The van der Waals surface area contributed by atoms with E-state index < -0.39 is 46.0 Å². The SMILES string of the molecule is CCC(F)(F)c1ccc(CNC(=O)[C@H]2CN(C(=O)NC3CN=CS3)CCN2S(=O)(=O)c2ccc(OC(F)(F)F)cc2)cc1. The van der Waals surface area contributed by atoms with Crippen LogP contribution in [0.5, 0.6) is 5.75 Å². The summed E-state index contributed by atoms with van der Waals surface area (Å²) >= 11 is 1.29. The number of benzene rings is 2. The van der Waals surface area contributed by atoms with Gasteiger partial charge in [0.25, 0.3) is 5.92 Å². The lowest BCUT2D eigenvalue weighted by molar-refractivity contribution is -0.274. The minimum atomic E-state index is -4.97. The normalized spacial score (nSPS) is 19.7. The first kappa shape index (κ1) is 32.5. The molecule has 4 rings (SSSR count). The highest BCUT2D eigenvalue weighted by molar-refractivity contribution is 8.12. The van der Waals surface area contributed by atoms with Crippen LogP contribution in [0.3, 0.4) is 0 Å². The summed E-state index contributed by atoms with van der Waals surface area (Å²) < 4.78 is 97.4. The van der Waals surface area contributed by atoms with Crippen LogP contribution in [0.2, 0.25) is 0 Å². The highest BCUT2D eigenvalue weighted by atomic mass is 32.2. The average Bonchev–Trinajstić information content (AvgIpc) is 3.48. The molecule has 1 saturated heterocycles. The van der Waals surface area contributed by atoms with Gasteiger partial charge in [-0.15, -0.1) is 13.2 Å². The van der Waals surface area contributed by atoms with E-state index in [9.17, 15) is 40.0 Å². The summed E-state index contributed by atoms with van der Waals surface area (Å²) in [6, 6.07) is 6.91. The smallest absolute Gasteiger partial charge is 0.406 e. The molecule has 2 heterocycles. The second kappa shape index (κ2) is 13.1. The third kappa shape index (κ3) is 8.14. The number of carbonyl (C=O) groups is 2. The largest absolute Gasteiger partial charge is 0.573 e. The summed E-state index contributed by atoms with van der Waals surface area (Å²) in [7, 11) is -4.43. The van der Waals surface area contributed by atoms with Crippen molar-refractivity contribution in [3.05, 3.63) is 59.7 Å². The maximum Gasteiger partial charge on any atom is 0.573 e. The number of nitrogens with one attached hydrogen (secondary N) is 2. The Kier molecular flexibility index (Phi) is 9.86. The van der Waals surface area contributed by atoms with Gasteiger partial charge in [0, 0.05) is 38.2 Å². The Labute approximate surface area is 248 Å². The first-order valence-electron chi connectivity index (χ1n) is 13.0. The molecular formula is C26H28F5N5O5S2. The van der Waals surface area contributed by atoms with Gasteiger partial charge in [-0.2, -0.15) is 4.31 Å². The Morgan fingerprint density at radius 2 is 1.72 bits per heavy atom. The zero-order valence-electron chi connectivity index (χ0n) is 22.7. The molecule has 0 aliphatic carbocycles. The highest BCUT2D eigenvalue weighted by Crippen LogP contribution is 2.31. The molecule has 0 radical (unpaired) electrons. The minimum Gasteiger partial charge on any atom is -0.406 e. The molecule has 0 saturated carbocycles. The zero-order valence-corrected chi connectivity index (χ0v) is 24.3. The molecule has 1 unspecified atom stereocenters. The number of halogens is 5. The van der Waals surface area contributed by atoms with E-state index in [1.165, 1.54) is 47.9 Å². The van der Waals surface area contributed by atoms with E-state index in [2.05, 4.69) is 20.4 Å². The molecule has 2 atom stereocenters. The van der Waals surface area contributed by atoms with Gasteiger partial charge in [-0.1, -0.05) is 43.0 Å². The van der Waals surface area contributed by atoms with E-state index in [4.69, 9.17) is 0 Å². The predicted octanol–water partition coefficient (Wildman–Crippen LogP) is 3.89. The van der Waals surface area contributed by atoms with Gasteiger partial charge >= 0.3 is 12.4 Å². The van der Waals surface area contributed by atoms with E-state index in [-0.39, 0.29) is 48.4 Å². The van der Waals surface area contributed by atoms with Gasteiger partial charge in [-0.05, 0) is 29.8 Å². The molecule has 0 aromatic heterocycles. The topological polar surface area (TPSA) is 120 Å². The number of rotatable bonds is 9. The van der Waals surface area contributed by atoms with Gasteiger partial charge in [0.2, 0.25) is 15.9 Å². The molecule has 0 spiro atoms. The van der Waals surface area contributed by atoms with Crippen molar-refractivity contribution in [2.75, 3.05) is 26.2 Å². The van der Waals surface area contributed by atoms with Gasteiger partial charge in [0.1, 0.15) is 17.2 Å². The highest BCUT2D eigenvalue weighted by Gasteiger charge is 2.42. The van der Waals surface area contributed by atoms with Crippen molar-refractivity contribution in [2.24, 2.45) is 4.99 Å². The molecular weight excluding hydrogens is 621 g/mol. The fourth-order valence-electron chi connectivity index (χ4n) is 4.39. The number of aliphatic imine (C=N–C) groups is 1. The molecule has 2 aliphatic heterocycles. The van der Waals surface area contributed by atoms with Crippen molar-refractivity contribution in [3.8, 4) is 5.75 Å². The number of piperazine rings is 1. The van der Waals surface area contributed by atoms with Crippen LogP contribution in [0.15, 0.2) is 58.4 Å². The quantitative estimate of drug-likeness (QED) is 0.398. The maximum absolute atomic E-state index is 14.0. The number of nitrogens with zero attached hydrogens (tertiary/aromatic N) is 3. The Morgan fingerprint density at radius 3 is 2.30 bits per heavy atom. The number of sulfonamides is 1. The van der Waals surface area contributed by atoms with Crippen LogP contribution < -0.4 is 15.4 Å². The first-order valence-corrected chi connectivity index (χ1v) is 15.4. The summed E-state index contributed by atoms with van der Waals surface area (Å²) in [6.45, 7) is 0.899. The lowest BCUT2D eigenvalue weighted by atomic mass is 10.0. The van der Waals surface area contributed by atoms with Gasteiger partial charge < -0.3 is 20.3 Å². The molecule has 2 aliphatic rings. The van der Waals surface area contributed by atoms with Crippen LogP contribution in [0.25, 0.3) is 0 Å². The second-order valence-electron chi connectivity index (χ2n) is 9.61. The van der Waals surface area contributed by atoms with Crippen molar-refractivity contribution >= 4 is 39.3 Å². The Balaban J connectivity index is 1.52. The van der Waals surface area contributed by atoms with Crippen molar-refractivity contribution in [1.29, 1.82) is 0 Å². The van der Waals surface area contributed by atoms with Crippen LogP contribution in [0.4, 0.5) is 26.7 Å². The van der Waals surface area contributed by atoms with Crippen LogP contribution in [-0.4, -0.2) is 79.1 Å². The number of thioether (sulfide) groups is 1. The molecule has 43 heavy (non-hydrogen) atoms. The molecule has 0 bridgehead atoms. The summed E-state index contributed by atoms with van der Waals surface area (Å²) in [6.07, 6.45) is -5.36. The molecule has 3 amide bonds. The third-order valence-electron chi connectivity index (χ3n) is 6.73. The van der Waals surface area contributed by atoms with E-state index in [1.54, 1.807) is 5.55 Å². The summed E-state index contributed by atoms with van der Waals surface area (Å²) in [5.41, 5.74) is 1.88.